The molecule has 0 bridgehead atoms. The number of ether oxygens (including phenoxy) is 1. The third kappa shape index (κ3) is 5.10. The summed E-state index contributed by atoms with van der Waals surface area (Å²) in [6.45, 7) is 5.64. The van der Waals surface area contributed by atoms with Crippen LogP contribution >= 0.6 is 11.3 Å². The molecule has 0 saturated heterocycles. The summed E-state index contributed by atoms with van der Waals surface area (Å²) in [7, 11) is 0. The topological polar surface area (TPSA) is 55.3 Å². The number of thiazole rings is 1. The standard InChI is InChI=1S/C20H20FN3O2S/c1-20(2,3)26-19(25)24(17-6-4-15(21)5-7-17)12-16-13-27-18(23-16)14-8-10-22-11-9-14/h4-11,13H,12H2,1-3H3. The Balaban J connectivity index is 1.86. The van der Waals surface area contributed by atoms with Gasteiger partial charge < -0.3 is 4.74 Å². The van der Waals surface area contributed by atoms with Crippen molar-refractivity contribution >= 4 is 23.1 Å². The molecule has 140 valence electrons. The van der Waals surface area contributed by atoms with E-state index in [1.807, 2.05) is 17.5 Å². The molecule has 3 rings (SSSR count). The predicted octanol–water partition coefficient (Wildman–Crippen LogP) is 5.29. The largest absolute Gasteiger partial charge is 0.443 e. The maximum absolute atomic E-state index is 13.3. The lowest BCUT2D eigenvalue weighted by molar-refractivity contribution is 0.0577. The van der Waals surface area contributed by atoms with Crippen molar-refractivity contribution in [2.75, 3.05) is 4.90 Å². The minimum atomic E-state index is -0.639. The fourth-order valence-corrected chi connectivity index (χ4v) is 3.19. The molecular weight excluding hydrogens is 365 g/mol. The van der Waals surface area contributed by atoms with Crippen molar-refractivity contribution in [1.82, 2.24) is 9.97 Å². The molecule has 5 nitrogen and oxygen atoms in total. The number of anilines is 1. The lowest BCUT2D eigenvalue weighted by Crippen LogP contribution is -2.36. The summed E-state index contributed by atoms with van der Waals surface area (Å²) >= 11 is 1.49. The number of nitrogens with zero attached hydrogens (tertiary/aromatic N) is 3. The van der Waals surface area contributed by atoms with Crippen molar-refractivity contribution in [3.05, 3.63) is 65.7 Å². The number of carbonyl (C=O) groups is 1. The molecule has 3 aromatic rings. The summed E-state index contributed by atoms with van der Waals surface area (Å²) in [5, 5.41) is 2.74. The molecule has 0 atom stereocenters. The van der Waals surface area contributed by atoms with Crippen molar-refractivity contribution < 1.29 is 13.9 Å². The second-order valence-corrected chi connectivity index (χ2v) is 7.78. The second kappa shape index (κ2) is 7.84. The van der Waals surface area contributed by atoms with E-state index in [0.29, 0.717) is 5.69 Å². The van der Waals surface area contributed by atoms with Crippen LogP contribution in [0.3, 0.4) is 0 Å². The summed E-state index contributed by atoms with van der Waals surface area (Å²) in [6, 6.07) is 9.50. The van der Waals surface area contributed by atoms with E-state index in [1.54, 1.807) is 45.3 Å². The summed E-state index contributed by atoms with van der Waals surface area (Å²) in [5.41, 5.74) is 1.59. The molecule has 0 N–H and O–H groups in total. The number of rotatable bonds is 4. The summed E-state index contributed by atoms with van der Waals surface area (Å²) in [6.07, 6.45) is 2.91. The van der Waals surface area contributed by atoms with Crippen molar-refractivity contribution in [3.8, 4) is 10.6 Å². The first kappa shape index (κ1) is 19.0. The Morgan fingerprint density at radius 2 is 1.81 bits per heavy atom. The molecular formula is C20H20FN3O2S. The third-order valence-electron chi connectivity index (χ3n) is 3.55. The number of aromatic nitrogens is 2. The number of pyridine rings is 1. The first-order chi connectivity index (χ1) is 12.8. The van der Waals surface area contributed by atoms with Gasteiger partial charge in [-0.1, -0.05) is 0 Å². The van der Waals surface area contributed by atoms with E-state index in [4.69, 9.17) is 4.74 Å². The quantitative estimate of drug-likeness (QED) is 0.613. The second-order valence-electron chi connectivity index (χ2n) is 6.92. The van der Waals surface area contributed by atoms with E-state index >= 15 is 0 Å². The molecule has 0 aliphatic rings. The van der Waals surface area contributed by atoms with E-state index in [0.717, 1.165) is 16.3 Å². The minimum Gasteiger partial charge on any atom is -0.443 e. The zero-order valence-corrected chi connectivity index (χ0v) is 16.2. The van der Waals surface area contributed by atoms with Gasteiger partial charge in [-0.15, -0.1) is 11.3 Å². The molecule has 1 amide bonds. The van der Waals surface area contributed by atoms with Gasteiger partial charge in [-0.3, -0.25) is 9.88 Å². The Kier molecular flexibility index (Phi) is 5.51. The van der Waals surface area contributed by atoms with E-state index in [1.165, 1.54) is 28.4 Å². The van der Waals surface area contributed by atoms with Crippen LogP contribution in [0.25, 0.3) is 10.6 Å². The highest BCUT2D eigenvalue weighted by Gasteiger charge is 2.24. The normalized spacial score (nSPS) is 11.3. The number of halogens is 1. The Hall–Kier alpha value is -2.80. The van der Waals surface area contributed by atoms with Crippen LogP contribution in [0.1, 0.15) is 26.5 Å². The first-order valence-corrected chi connectivity index (χ1v) is 9.31. The number of benzene rings is 1. The molecule has 0 saturated carbocycles. The lowest BCUT2D eigenvalue weighted by atomic mass is 10.2. The van der Waals surface area contributed by atoms with Gasteiger partial charge in [0, 0.05) is 29.0 Å². The number of amides is 1. The average Bonchev–Trinajstić information content (AvgIpc) is 3.09. The van der Waals surface area contributed by atoms with Crippen molar-refractivity contribution in [1.29, 1.82) is 0 Å². The van der Waals surface area contributed by atoms with Gasteiger partial charge in [0.15, 0.2) is 0 Å². The van der Waals surface area contributed by atoms with E-state index < -0.39 is 11.7 Å². The average molecular weight is 385 g/mol. The van der Waals surface area contributed by atoms with E-state index in [-0.39, 0.29) is 12.4 Å². The van der Waals surface area contributed by atoms with Crippen molar-refractivity contribution in [2.45, 2.75) is 32.9 Å². The van der Waals surface area contributed by atoms with Gasteiger partial charge in [0.1, 0.15) is 16.4 Å². The highest BCUT2D eigenvalue weighted by atomic mass is 32.1. The fourth-order valence-electron chi connectivity index (χ4n) is 2.37. The number of carbonyl (C=O) groups excluding carboxylic acids is 1. The van der Waals surface area contributed by atoms with Crippen LogP contribution < -0.4 is 4.90 Å². The molecule has 0 unspecified atom stereocenters. The Bertz CT molecular complexity index is 905. The molecule has 7 heteroatoms. The third-order valence-corrected chi connectivity index (χ3v) is 4.49. The number of hydrogen-bond donors (Lipinski definition) is 0. The van der Waals surface area contributed by atoms with E-state index in [9.17, 15) is 9.18 Å². The molecule has 27 heavy (non-hydrogen) atoms. The highest BCUT2D eigenvalue weighted by molar-refractivity contribution is 7.13. The van der Waals surface area contributed by atoms with Gasteiger partial charge in [-0.2, -0.15) is 0 Å². The first-order valence-electron chi connectivity index (χ1n) is 8.43. The van der Waals surface area contributed by atoms with Crippen LogP contribution in [0.2, 0.25) is 0 Å². The maximum atomic E-state index is 13.3. The zero-order valence-electron chi connectivity index (χ0n) is 15.3. The Morgan fingerprint density at radius 3 is 2.44 bits per heavy atom. The molecule has 2 heterocycles. The van der Waals surface area contributed by atoms with Gasteiger partial charge in [0.05, 0.1) is 12.2 Å². The van der Waals surface area contributed by atoms with Gasteiger partial charge in [-0.25, -0.2) is 14.2 Å². The van der Waals surface area contributed by atoms with Gasteiger partial charge >= 0.3 is 6.09 Å². The molecule has 0 fully saturated rings. The smallest absolute Gasteiger partial charge is 0.415 e. The van der Waals surface area contributed by atoms with E-state index in [2.05, 4.69) is 9.97 Å². The summed E-state index contributed by atoms with van der Waals surface area (Å²) < 4.78 is 18.8. The van der Waals surface area contributed by atoms with Crippen molar-refractivity contribution in [3.63, 3.8) is 0 Å². The van der Waals surface area contributed by atoms with Crippen LogP contribution in [0, 0.1) is 5.82 Å². The van der Waals surface area contributed by atoms with Crippen LogP contribution in [-0.2, 0) is 11.3 Å². The summed E-state index contributed by atoms with van der Waals surface area (Å²) in [5.74, 6) is -0.364. The predicted molar refractivity (Wildman–Crippen MR) is 104 cm³/mol. The Morgan fingerprint density at radius 1 is 1.15 bits per heavy atom. The molecule has 2 aromatic heterocycles. The van der Waals surface area contributed by atoms with Crippen LogP contribution in [0.4, 0.5) is 14.9 Å². The lowest BCUT2D eigenvalue weighted by Gasteiger charge is -2.27. The highest BCUT2D eigenvalue weighted by Crippen LogP contribution is 2.26. The Labute approximate surface area is 161 Å². The molecule has 0 aliphatic carbocycles. The molecule has 0 radical (unpaired) electrons. The van der Waals surface area contributed by atoms with Crippen molar-refractivity contribution in [2.24, 2.45) is 0 Å². The van der Waals surface area contributed by atoms with Gasteiger partial charge in [0.25, 0.3) is 0 Å². The van der Waals surface area contributed by atoms with Crippen LogP contribution in [0.5, 0.6) is 0 Å². The van der Waals surface area contributed by atoms with Crippen LogP contribution in [0.15, 0.2) is 54.2 Å². The summed E-state index contributed by atoms with van der Waals surface area (Å²) in [4.78, 5) is 22.8. The monoisotopic (exact) mass is 385 g/mol. The zero-order chi connectivity index (χ0) is 19.4. The van der Waals surface area contributed by atoms with Crippen LogP contribution in [-0.4, -0.2) is 21.7 Å². The molecule has 0 aliphatic heterocycles. The SMILES string of the molecule is CC(C)(C)OC(=O)N(Cc1csc(-c2ccncc2)n1)c1ccc(F)cc1. The maximum Gasteiger partial charge on any atom is 0.415 e. The molecule has 1 aromatic carbocycles. The molecule has 0 spiro atoms. The fraction of sp³-hybridized carbons (Fsp3) is 0.250. The van der Waals surface area contributed by atoms with Gasteiger partial charge in [-0.05, 0) is 57.2 Å². The minimum absolute atomic E-state index is 0.224. The van der Waals surface area contributed by atoms with Gasteiger partial charge in [0.2, 0.25) is 0 Å². The number of hydrogen-bond acceptors (Lipinski definition) is 5.